The first-order valence-corrected chi connectivity index (χ1v) is 5.98. The minimum Gasteiger partial charge on any atom is -0.287 e. The lowest BCUT2D eigenvalue weighted by atomic mass is 10.1. The average Bonchev–Trinajstić information content (AvgIpc) is 2.45. The summed E-state index contributed by atoms with van der Waals surface area (Å²) in [6, 6.07) is 8.16. The maximum atomic E-state index is 12.5. The average molecular weight is 311 g/mol. The first-order valence-electron chi connectivity index (χ1n) is 5.60. The number of halogens is 4. The number of aromatic nitrogens is 1. The Hall–Kier alpha value is -2.39. The van der Waals surface area contributed by atoms with E-state index in [1.54, 1.807) is 0 Å². The molecule has 0 aliphatic carbocycles. The van der Waals surface area contributed by atoms with Crippen LogP contribution in [0.1, 0.15) is 27.2 Å². The fourth-order valence-corrected chi connectivity index (χ4v) is 1.85. The molecule has 0 saturated heterocycles. The monoisotopic (exact) mass is 310 g/mol. The minimum absolute atomic E-state index is 0.183. The van der Waals surface area contributed by atoms with Gasteiger partial charge in [0.15, 0.2) is 0 Å². The van der Waals surface area contributed by atoms with E-state index in [0.717, 1.165) is 0 Å². The third-order valence-electron chi connectivity index (χ3n) is 2.66. The van der Waals surface area contributed by atoms with Crippen molar-refractivity contribution in [3.05, 3.63) is 63.9 Å². The highest BCUT2D eigenvalue weighted by atomic mass is 35.5. The molecule has 2 rings (SSSR count). The van der Waals surface area contributed by atoms with Gasteiger partial charge in [0.1, 0.15) is 5.69 Å². The lowest BCUT2D eigenvalue weighted by molar-refractivity contribution is -0.137. The second-order valence-corrected chi connectivity index (χ2v) is 4.48. The van der Waals surface area contributed by atoms with Crippen molar-refractivity contribution in [3.8, 4) is 6.07 Å². The van der Waals surface area contributed by atoms with Crippen molar-refractivity contribution in [2.24, 2.45) is 0 Å². The number of ketones is 1. The Morgan fingerprint density at radius 2 is 1.86 bits per heavy atom. The van der Waals surface area contributed by atoms with Crippen molar-refractivity contribution >= 4 is 17.4 Å². The fourth-order valence-electron chi connectivity index (χ4n) is 1.59. The van der Waals surface area contributed by atoms with Crippen LogP contribution in [0.15, 0.2) is 36.5 Å². The molecule has 3 nitrogen and oxygen atoms in total. The second-order valence-electron chi connectivity index (χ2n) is 4.07. The number of rotatable bonds is 2. The van der Waals surface area contributed by atoms with Crippen LogP contribution in [0.4, 0.5) is 13.2 Å². The van der Waals surface area contributed by atoms with Gasteiger partial charge in [0.25, 0.3) is 0 Å². The van der Waals surface area contributed by atoms with Gasteiger partial charge in [0.2, 0.25) is 5.78 Å². The zero-order valence-corrected chi connectivity index (χ0v) is 11.0. The predicted octanol–water partition coefficient (Wildman–Crippen LogP) is 3.86. The third-order valence-corrected chi connectivity index (χ3v) is 2.95. The highest BCUT2D eigenvalue weighted by Gasteiger charge is 2.32. The molecule has 0 N–H and O–H groups in total. The van der Waals surface area contributed by atoms with Gasteiger partial charge in [-0.2, -0.15) is 18.4 Å². The highest BCUT2D eigenvalue weighted by Crippen LogP contribution is 2.31. The van der Waals surface area contributed by atoms with Crippen LogP contribution in [0.25, 0.3) is 0 Å². The Morgan fingerprint density at radius 3 is 2.33 bits per heavy atom. The van der Waals surface area contributed by atoms with Gasteiger partial charge in [0.05, 0.1) is 22.2 Å². The maximum absolute atomic E-state index is 12.5. The van der Waals surface area contributed by atoms with E-state index in [-0.39, 0.29) is 16.3 Å². The Labute approximate surface area is 122 Å². The molecule has 0 fully saturated rings. The largest absolute Gasteiger partial charge is 0.417 e. The predicted molar refractivity (Wildman–Crippen MR) is 68.8 cm³/mol. The Kier molecular flexibility index (Phi) is 3.96. The van der Waals surface area contributed by atoms with Crippen LogP contribution < -0.4 is 0 Å². The van der Waals surface area contributed by atoms with Crippen LogP contribution in [-0.2, 0) is 6.18 Å². The topological polar surface area (TPSA) is 53.8 Å². The summed E-state index contributed by atoms with van der Waals surface area (Å²) in [6.45, 7) is 0. The van der Waals surface area contributed by atoms with E-state index >= 15 is 0 Å². The van der Waals surface area contributed by atoms with Crippen LogP contribution in [-0.4, -0.2) is 10.8 Å². The third kappa shape index (κ3) is 3.20. The smallest absolute Gasteiger partial charge is 0.287 e. The van der Waals surface area contributed by atoms with Crippen molar-refractivity contribution in [3.63, 3.8) is 0 Å². The molecule has 0 atom stereocenters. The zero-order chi connectivity index (χ0) is 15.6. The number of hydrogen-bond acceptors (Lipinski definition) is 3. The van der Waals surface area contributed by atoms with Gasteiger partial charge in [-0.1, -0.05) is 11.6 Å². The summed E-state index contributed by atoms with van der Waals surface area (Å²) in [5, 5.41) is 8.28. The molecule has 0 unspecified atom stereocenters. The minimum atomic E-state index is -4.58. The summed E-state index contributed by atoms with van der Waals surface area (Å²) in [5.41, 5.74) is -0.751. The summed E-state index contributed by atoms with van der Waals surface area (Å²) in [4.78, 5) is 15.6. The molecule has 1 aromatic heterocycles. The summed E-state index contributed by atoms with van der Waals surface area (Å²) in [7, 11) is 0. The van der Waals surface area contributed by atoms with Gasteiger partial charge in [0, 0.05) is 11.8 Å². The van der Waals surface area contributed by atoms with Crippen LogP contribution in [0, 0.1) is 11.3 Å². The first-order chi connectivity index (χ1) is 9.82. The zero-order valence-electron chi connectivity index (χ0n) is 10.3. The Morgan fingerprint density at radius 1 is 1.24 bits per heavy atom. The molecule has 106 valence electrons. The van der Waals surface area contributed by atoms with Gasteiger partial charge in [-0.3, -0.25) is 9.78 Å². The Balaban J connectivity index is 2.37. The van der Waals surface area contributed by atoms with Crippen molar-refractivity contribution in [1.29, 1.82) is 5.26 Å². The van der Waals surface area contributed by atoms with Gasteiger partial charge in [-0.25, -0.2) is 0 Å². The molecule has 1 heterocycles. The number of pyridine rings is 1. The molecule has 0 bridgehead atoms. The van der Waals surface area contributed by atoms with E-state index in [2.05, 4.69) is 4.98 Å². The summed E-state index contributed by atoms with van der Waals surface area (Å²) >= 11 is 5.70. The van der Waals surface area contributed by atoms with E-state index in [1.807, 2.05) is 6.07 Å². The highest BCUT2D eigenvalue weighted by molar-refractivity contribution is 6.34. The molecule has 1 aromatic carbocycles. The molecule has 7 heteroatoms. The number of carbonyl (C=O) groups is 1. The summed E-state index contributed by atoms with van der Waals surface area (Å²) in [6.07, 6.45) is -4.02. The van der Waals surface area contributed by atoms with Gasteiger partial charge in [-0.05, 0) is 30.3 Å². The second kappa shape index (κ2) is 5.54. The first kappa shape index (κ1) is 15.0. The summed E-state index contributed by atoms with van der Waals surface area (Å²) in [5.74, 6) is -0.613. The number of carbonyl (C=O) groups excluding carboxylic acids is 1. The van der Waals surface area contributed by atoms with Crippen LogP contribution in [0.5, 0.6) is 0 Å². The molecular weight excluding hydrogens is 305 g/mol. The number of hydrogen-bond donors (Lipinski definition) is 0. The fraction of sp³-hybridized carbons (Fsp3) is 0.0714. The van der Waals surface area contributed by atoms with Gasteiger partial charge >= 0.3 is 6.18 Å². The van der Waals surface area contributed by atoms with E-state index in [1.165, 1.54) is 24.3 Å². The van der Waals surface area contributed by atoms with Crippen molar-refractivity contribution in [1.82, 2.24) is 4.98 Å². The van der Waals surface area contributed by atoms with E-state index in [0.29, 0.717) is 17.8 Å². The van der Waals surface area contributed by atoms with Crippen LogP contribution in [0.3, 0.4) is 0 Å². The number of alkyl halides is 3. The molecule has 0 saturated carbocycles. The van der Waals surface area contributed by atoms with Gasteiger partial charge < -0.3 is 0 Å². The standard InChI is InChI=1S/C14H6ClF3N2O/c15-11-5-10(14(16,17)18)7-20-12(11)13(21)9-3-1-8(6-19)2-4-9/h1-5,7H. The van der Waals surface area contributed by atoms with Gasteiger partial charge in [-0.15, -0.1) is 0 Å². The molecule has 21 heavy (non-hydrogen) atoms. The number of nitrogens with zero attached hydrogens (tertiary/aromatic N) is 2. The summed E-state index contributed by atoms with van der Waals surface area (Å²) < 4.78 is 37.5. The lowest BCUT2D eigenvalue weighted by Gasteiger charge is -2.08. The normalized spacial score (nSPS) is 11.0. The molecule has 2 aromatic rings. The van der Waals surface area contributed by atoms with Crippen molar-refractivity contribution in [2.75, 3.05) is 0 Å². The number of benzene rings is 1. The molecule has 0 aliphatic rings. The lowest BCUT2D eigenvalue weighted by Crippen LogP contribution is -2.10. The van der Waals surface area contributed by atoms with E-state index in [9.17, 15) is 18.0 Å². The number of nitriles is 1. The molecule has 0 radical (unpaired) electrons. The quantitative estimate of drug-likeness (QED) is 0.792. The molecule has 0 amide bonds. The molecular formula is C14H6ClF3N2O. The van der Waals surface area contributed by atoms with E-state index < -0.39 is 17.5 Å². The SMILES string of the molecule is N#Cc1ccc(C(=O)c2ncc(C(F)(F)F)cc2Cl)cc1. The van der Waals surface area contributed by atoms with E-state index in [4.69, 9.17) is 16.9 Å². The maximum Gasteiger partial charge on any atom is 0.417 e. The Bertz CT molecular complexity index is 733. The van der Waals surface area contributed by atoms with Crippen molar-refractivity contribution in [2.45, 2.75) is 6.18 Å². The van der Waals surface area contributed by atoms with Crippen LogP contribution >= 0.6 is 11.6 Å². The molecule has 0 aliphatic heterocycles. The van der Waals surface area contributed by atoms with Crippen LogP contribution in [0.2, 0.25) is 5.02 Å². The molecule has 0 spiro atoms. The van der Waals surface area contributed by atoms with Crippen molar-refractivity contribution < 1.29 is 18.0 Å².